The fraction of sp³-hybridized carbons (Fsp3) is 0.571. The summed E-state index contributed by atoms with van der Waals surface area (Å²) in [6.07, 6.45) is -2.62. The fourth-order valence-corrected chi connectivity index (χ4v) is 2.08. The Morgan fingerprint density at radius 3 is 2.44 bits per heavy atom. The molecule has 4 heteroatoms. The van der Waals surface area contributed by atoms with Crippen molar-refractivity contribution < 1.29 is 13.2 Å². The average Bonchev–Trinajstić information content (AvgIpc) is 2.27. The number of benzene rings is 1. The van der Waals surface area contributed by atoms with Gasteiger partial charge in [-0.2, -0.15) is 13.2 Å². The van der Waals surface area contributed by atoms with Crippen LogP contribution >= 0.6 is 0 Å². The molecule has 0 fully saturated rings. The maximum atomic E-state index is 12.6. The van der Waals surface area contributed by atoms with Crippen LogP contribution in [0.2, 0.25) is 0 Å². The first-order valence-corrected chi connectivity index (χ1v) is 6.16. The van der Waals surface area contributed by atoms with Gasteiger partial charge in [-0.25, -0.2) is 0 Å². The Balaban J connectivity index is 2.68. The van der Waals surface area contributed by atoms with E-state index in [0.29, 0.717) is 18.4 Å². The molecular formula is C14H20F3N. The van der Waals surface area contributed by atoms with Gasteiger partial charge in [-0.1, -0.05) is 25.1 Å². The summed E-state index contributed by atoms with van der Waals surface area (Å²) >= 11 is 0. The molecule has 0 aliphatic carbocycles. The van der Waals surface area contributed by atoms with Gasteiger partial charge in [-0.15, -0.1) is 0 Å². The van der Waals surface area contributed by atoms with Crippen molar-refractivity contribution in [3.8, 4) is 0 Å². The average molecular weight is 259 g/mol. The number of hydrogen-bond acceptors (Lipinski definition) is 1. The molecule has 1 rings (SSSR count). The van der Waals surface area contributed by atoms with Gasteiger partial charge in [0.2, 0.25) is 0 Å². The molecule has 0 bridgehead atoms. The minimum atomic E-state index is -4.25. The van der Waals surface area contributed by atoms with Crippen molar-refractivity contribution in [1.82, 2.24) is 5.32 Å². The molecule has 0 amide bonds. The van der Waals surface area contributed by atoms with E-state index in [4.69, 9.17) is 0 Å². The van der Waals surface area contributed by atoms with Gasteiger partial charge in [-0.05, 0) is 44.4 Å². The molecule has 18 heavy (non-hydrogen) atoms. The van der Waals surface area contributed by atoms with Crippen LogP contribution in [0.3, 0.4) is 0 Å². The number of nitrogens with one attached hydrogen (secondary N) is 1. The molecule has 1 N–H and O–H groups in total. The molecule has 0 spiro atoms. The SMILES string of the molecule is CNC(C)CC(C)Cc1cccc(C(F)(F)F)c1. The van der Waals surface area contributed by atoms with Gasteiger partial charge in [0.25, 0.3) is 0 Å². The van der Waals surface area contributed by atoms with E-state index < -0.39 is 11.7 Å². The number of alkyl halides is 3. The summed E-state index contributed by atoms with van der Waals surface area (Å²) in [4.78, 5) is 0. The highest BCUT2D eigenvalue weighted by Crippen LogP contribution is 2.30. The second kappa shape index (κ2) is 6.23. The van der Waals surface area contributed by atoms with E-state index in [1.807, 2.05) is 7.05 Å². The van der Waals surface area contributed by atoms with Crippen molar-refractivity contribution >= 4 is 0 Å². The van der Waals surface area contributed by atoms with E-state index in [0.717, 1.165) is 18.1 Å². The van der Waals surface area contributed by atoms with Crippen molar-refractivity contribution in [3.05, 3.63) is 35.4 Å². The molecule has 0 aromatic heterocycles. The van der Waals surface area contributed by atoms with Crippen LogP contribution in [0.5, 0.6) is 0 Å². The second-order valence-electron chi connectivity index (χ2n) is 4.93. The first-order chi connectivity index (χ1) is 8.32. The molecule has 1 aromatic rings. The van der Waals surface area contributed by atoms with Gasteiger partial charge in [0, 0.05) is 6.04 Å². The van der Waals surface area contributed by atoms with E-state index >= 15 is 0 Å². The van der Waals surface area contributed by atoms with Crippen molar-refractivity contribution in [2.45, 2.75) is 38.9 Å². The summed E-state index contributed by atoms with van der Waals surface area (Å²) in [6.45, 7) is 4.14. The Labute approximate surface area is 106 Å². The highest BCUT2D eigenvalue weighted by molar-refractivity contribution is 5.25. The minimum Gasteiger partial charge on any atom is -0.317 e. The van der Waals surface area contributed by atoms with E-state index in [-0.39, 0.29) is 0 Å². The largest absolute Gasteiger partial charge is 0.416 e. The van der Waals surface area contributed by atoms with Crippen molar-refractivity contribution in [2.24, 2.45) is 5.92 Å². The van der Waals surface area contributed by atoms with E-state index in [1.54, 1.807) is 6.07 Å². The van der Waals surface area contributed by atoms with Crippen LogP contribution < -0.4 is 5.32 Å². The molecule has 0 aliphatic heterocycles. The van der Waals surface area contributed by atoms with Crippen molar-refractivity contribution in [2.75, 3.05) is 7.05 Å². The van der Waals surface area contributed by atoms with Crippen molar-refractivity contribution in [3.63, 3.8) is 0 Å². The van der Waals surface area contributed by atoms with Crippen LogP contribution in [0, 0.1) is 5.92 Å². The molecule has 0 aliphatic rings. The van der Waals surface area contributed by atoms with Gasteiger partial charge in [0.15, 0.2) is 0 Å². The Hall–Kier alpha value is -1.03. The number of rotatable bonds is 5. The molecule has 102 valence electrons. The van der Waals surface area contributed by atoms with Gasteiger partial charge >= 0.3 is 6.18 Å². The maximum Gasteiger partial charge on any atom is 0.416 e. The molecule has 1 nitrogen and oxygen atoms in total. The normalized spacial score (nSPS) is 15.4. The summed E-state index contributed by atoms with van der Waals surface area (Å²) in [5, 5.41) is 3.14. The molecular weight excluding hydrogens is 239 g/mol. The lowest BCUT2D eigenvalue weighted by Crippen LogP contribution is -2.24. The topological polar surface area (TPSA) is 12.0 Å². The Bertz CT molecular complexity index is 374. The lowest BCUT2D eigenvalue weighted by molar-refractivity contribution is -0.137. The van der Waals surface area contributed by atoms with Crippen LogP contribution in [0.4, 0.5) is 13.2 Å². The zero-order valence-corrected chi connectivity index (χ0v) is 11.0. The Morgan fingerprint density at radius 1 is 1.22 bits per heavy atom. The third kappa shape index (κ3) is 4.69. The lowest BCUT2D eigenvalue weighted by atomic mass is 9.94. The van der Waals surface area contributed by atoms with Gasteiger partial charge in [0.1, 0.15) is 0 Å². The van der Waals surface area contributed by atoms with Gasteiger partial charge in [0.05, 0.1) is 5.56 Å². The van der Waals surface area contributed by atoms with Crippen LogP contribution in [0.15, 0.2) is 24.3 Å². The molecule has 2 unspecified atom stereocenters. The molecule has 0 saturated heterocycles. The lowest BCUT2D eigenvalue weighted by Gasteiger charge is -2.17. The summed E-state index contributed by atoms with van der Waals surface area (Å²) in [5.74, 6) is 0.357. The first kappa shape index (κ1) is 15.0. The van der Waals surface area contributed by atoms with Crippen molar-refractivity contribution in [1.29, 1.82) is 0 Å². The zero-order chi connectivity index (χ0) is 13.8. The summed E-state index contributed by atoms with van der Waals surface area (Å²) < 4.78 is 37.7. The predicted octanol–water partition coefficient (Wildman–Crippen LogP) is 3.88. The summed E-state index contributed by atoms with van der Waals surface area (Å²) in [7, 11) is 1.89. The monoisotopic (exact) mass is 259 g/mol. The zero-order valence-electron chi connectivity index (χ0n) is 11.0. The number of halogens is 3. The summed E-state index contributed by atoms with van der Waals surface area (Å²) in [6, 6.07) is 5.98. The highest BCUT2D eigenvalue weighted by atomic mass is 19.4. The highest BCUT2D eigenvalue weighted by Gasteiger charge is 2.30. The smallest absolute Gasteiger partial charge is 0.317 e. The molecule has 0 heterocycles. The summed E-state index contributed by atoms with van der Waals surface area (Å²) in [5.41, 5.74) is 0.189. The molecule has 2 atom stereocenters. The maximum absolute atomic E-state index is 12.6. The molecule has 1 aromatic carbocycles. The third-order valence-electron chi connectivity index (χ3n) is 3.09. The van der Waals surface area contributed by atoms with Gasteiger partial charge in [-0.3, -0.25) is 0 Å². The minimum absolute atomic E-state index is 0.357. The second-order valence-corrected chi connectivity index (χ2v) is 4.93. The Kier molecular flexibility index (Phi) is 5.20. The fourth-order valence-electron chi connectivity index (χ4n) is 2.08. The van der Waals surface area contributed by atoms with Gasteiger partial charge < -0.3 is 5.32 Å². The predicted molar refractivity (Wildman–Crippen MR) is 67.5 cm³/mol. The molecule has 0 saturated carbocycles. The standard InChI is InChI=1S/C14H20F3N/c1-10(7-11(2)18-3)8-12-5-4-6-13(9-12)14(15,16)17/h4-6,9-11,18H,7-8H2,1-3H3. The number of hydrogen-bond donors (Lipinski definition) is 1. The van der Waals surface area contributed by atoms with Crippen LogP contribution in [-0.4, -0.2) is 13.1 Å². The third-order valence-corrected chi connectivity index (χ3v) is 3.09. The van der Waals surface area contributed by atoms with E-state index in [2.05, 4.69) is 19.2 Å². The molecule has 0 radical (unpaired) electrons. The quantitative estimate of drug-likeness (QED) is 0.846. The van der Waals surface area contributed by atoms with E-state index in [9.17, 15) is 13.2 Å². The van der Waals surface area contributed by atoms with E-state index in [1.165, 1.54) is 12.1 Å². The van der Waals surface area contributed by atoms with Crippen LogP contribution in [0.25, 0.3) is 0 Å². The van der Waals surface area contributed by atoms with Crippen LogP contribution in [0.1, 0.15) is 31.4 Å². The van der Waals surface area contributed by atoms with Crippen LogP contribution in [-0.2, 0) is 12.6 Å². The first-order valence-electron chi connectivity index (χ1n) is 6.16. The Morgan fingerprint density at radius 2 is 1.89 bits per heavy atom.